The molecule has 60 valence electrons. The van der Waals surface area contributed by atoms with E-state index in [1.807, 2.05) is 0 Å². The van der Waals surface area contributed by atoms with E-state index in [0.717, 1.165) is 12.8 Å². The van der Waals surface area contributed by atoms with Gasteiger partial charge in [0, 0.05) is 0 Å². The zero-order valence-electron chi connectivity index (χ0n) is 7.05. The third-order valence-corrected chi connectivity index (χ3v) is 1.50. The zero-order valence-corrected chi connectivity index (χ0v) is 7.05. The van der Waals surface area contributed by atoms with Crippen molar-refractivity contribution in [1.82, 2.24) is 0 Å². The molecule has 0 radical (unpaired) electrons. The van der Waals surface area contributed by atoms with E-state index < -0.39 is 0 Å². The molecule has 0 fully saturated rings. The molecule has 2 heteroatoms. The van der Waals surface area contributed by atoms with Gasteiger partial charge in [-0.05, 0) is 17.9 Å². The maximum atomic E-state index is 4.92. The maximum absolute atomic E-state index is 4.92. The van der Waals surface area contributed by atoms with Gasteiger partial charge < -0.3 is 4.84 Å². The zero-order chi connectivity index (χ0) is 7.98. The monoisotopic (exact) mass is 143 g/mol. The van der Waals surface area contributed by atoms with Crippen LogP contribution in [0, 0.1) is 5.92 Å². The van der Waals surface area contributed by atoms with Gasteiger partial charge in [-0.2, -0.15) is 5.90 Å². The molecular weight excluding hydrogens is 126 g/mol. The molecule has 0 spiro atoms. The Morgan fingerprint density at radius 2 is 2.20 bits per heavy atom. The van der Waals surface area contributed by atoms with Crippen molar-refractivity contribution in [2.75, 3.05) is 0 Å². The standard InChI is InChI=1S/C8H17NO/c1-4-5-8(6-10-9)7(2)3/h6-7H,4-5,9H2,1-3H3/b8-6+. The average Bonchev–Trinajstić information content (AvgIpc) is 1.87. The van der Waals surface area contributed by atoms with E-state index >= 15 is 0 Å². The Bertz CT molecular complexity index is 108. The van der Waals surface area contributed by atoms with E-state index in [-0.39, 0.29) is 0 Å². The van der Waals surface area contributed by atoms with Crippen molar-refractivity contribution in [3.63, 3.8) is 0 Å². The molecular formula is C8H17NO. The highest BCUT2D eigenvalue weighted by Crippen LogP contribution is 2.14. The Hall–Kier alpha value is -0.500. The predicted octanol–water partition coefficient (Wildman–Crippen LogP) is 2.22. The van der Waals surface area contributed by atoms with Crippen molar-refractivity contribution in [3.8, 4) is 0 Å². The highest BCUT2D eigenvalue weighted by molar-refractivity contribution is 5.00. The second-order valence-electron chi connectivity index (χ2n) is 2.73. The number of hydrogen-bond acceptors (Lipinski definition) is 2. The molecule has 2 nitrogen and oxygen atoms in total. The summed E-state index contributed by atoms with van der Waals surface area (Å²) in [5.41, 5.74) is 1.28. The summed E-state index contributed by atoms with van der Waals surface area (Å²) in [6.45, 7) is 6.42. The number of hydrogen-bond donors (Lipinski definition) is 1. The second-order valence-corrected chi connectivity index (χ2v) is 2.73. The molecule has 0 aliphatic rings. The Morgan fingerprint density at radius 3 is 2.50 bits per heavy atom. The molecule has 10 heavy (non-hydrogen) atoms. The van der Waals surface area contributed by atoms with Crippen LogP contribution in [-0.2, 0) is 4.84 Å². The Kier molecular flexibility index (Phi) is 5.03. The summed E-state index contributed by atoms with van der Waals surface area (Å²) in [6, 6.07) is 0. The summed E-state index contributed by atoms with van der Waals surface area (Å²) in [4.78, 5) is 4.46. The Morgan fingerprint density at radius 1 is 1.60 bits per heavy atom. The summed E-state index contributed by atoms with van der Waals surface area (Å²) < 4.78 is 0. The minimum atomic E-state index is 0.545. The first-order valence-corrected chi connectivity index (χ1v) is 3.76. The summed E-state index contributed by atoms with van der Waals surface area (Å²) in [7, 11) is 0. The van der Waals surface area contributed by atoms with Gasteiger partial charge in [-0.25, -0.2) is 0 Å². The van der Waals surface area contributed by atoms with Crippen LogP contribution in [0.25, 0.3) is 0 Å². The van der Waals surface area contributed by atoms with Crippen LogP contribution in [0.2, 0.25) is 0 Å². The molecule has 0 aromatic carbocycles. The lowest BCUT2D eigenvalue weighted by Gasteiger charge is -2.07. The van der Waals surface area contributed by atoms with Crippen molar-refractivity contribution in [3.05, 3.63) is 11.8 Å². The topological polar surface area (TPSA) is 35.2 Å². The quantitative estimate of drug-likeness (QED) is 0.483. The van der Waals surface area contributed by atoms with Crippen LogP contribution in [0.4, 0.5) is 0 Å². The van der Waals surface area contributed by atoms with E-state index in [4.69, 9.17) is 5.90 Å². The lowest BCUT2D eigenvalue weighted by atomic mass is 10.0. The molecule has 0 bridgehead atoms. The fourth-order valence-electron chi connectivity index (χ4n) is 0.860. The van der Waals surface area contributed by atoms with E-state index in [2.05, 4.69) is 25.6 Å². The third kappa shape index (κ3) is 3.51. The molecule has 0 atom stereocenters. The fourth-order valence-corrected chi connectivity index (χ4v) is 0.860. The molecule has 0 saturated carbocycles. The summed E-state index contributed by atoms with van der Waals surface area (Å²) in [5.74, 6) is 5.47. The number of nitrogens with two attached hydrogens (primary N) is 1. The van der Waals surface area contributed by atoms with Gasteiger partial charge in [0.15, 0.2) is 0 Å². The van der Waals surface area contributed by atoms with Gasteiger partial charge in [0.2, 0.25) is 0 Å². The van der Waals surface area contributed by atoms with E-state index in [1.165, 1.54) is 5.57 Å². The predicted molar refractivity (Wildman–Crippen MR) is 43.1 cm³/mol. The van der Waals surface area contributed by atoms with Crippen molar-refractivity contribution in [2.45, 2.75) is 33.6 Å². The van der Waals surface area contributed by atoms with Crippen molar-refractivity contribution >= 4 is 0 Å². The van der Waals surface area contributed by atoms with Gasteiger partial charge in [0.25, 0.3) is 0 Å². The van der Waals surface area contributed by atoms with Gasteiger partial charge >= 0.3 is 0 Å². The molecule has 0 aliphatic carbocycles. The third-order valence-electron chi connectivity index (χ3n) is 1.50. The van der Waals surface area contributed by atoms with E-state index in [1.54, 1.807) is 6.26 Å². The first kappa shape index (κ1) is 9.50. The Balaban J connectivity index is 3.85. The SMILES string of the molecule is CCC/C(=C\ON)C(C)C. The van der Waals surface area contributed by atoms with Gasteiger partial charge in [-0.15, -0.1) is 0 Å². The summed E-state index contributed by atoms with van der Waals surface area (Å²) in [6.07, 6.45) is 3.87. The summed E-state index contributed by atoms with van der Waals surface area (Å²) in [5, 5.41) is 0. The van der Waals surface area contributed by atoms with Gasteiger partial charge in [0.05, 0.1) is 0 Å². The molecule has 0 heterocycles. The highest BCUT2D eigenvalue weighted by Gasteiger charge is 2.01. The van der Waals surface area contributed by atoms with Gasteiger partial charge in [0.1, 0.15) is 6.26 Å². The van der Waals surface area contributed by atoms with Crippen LogP contribution in [0.3, 0.4) is 0 Å². The van der Waals surface area contributed by atoms with Crippen LogP contribution in [0.5, 0.6) is 0 Å². The lowest BCUT2D eigenvalue weighted by molar-refractivity contribution is 0.254. The minimum Gasteiger partial charge on any atom is -0.419 e. The summed E-state index contributed by atoms with van der Waals surface area (Å²) >= 11 is 0. The molecule has 2 N–H and O–H groups in total. The van der Waals surface area contributed by atoms with Crippen molar-refractivity contribution < 1.29 is 4.84 Å². The van der Waals surface area contributed by atoms with Crippen LogP contribution >= 0.6 is 0 Å². The average molecular weight is 143 g/mol. The van der Waals surface area contributed by atoms with Crippen LogP contribution in [0.15, 0.2) is 11.8 Å². The normalized spacial score (nSPS) is 12.3. The number of allylic oxidation sites excluding steroid dienone is 1. The largest absolute Gasteiger partial charge is 0.419 e. The van der Waals surface area contributed by atoms with Gasteiger partial charge in [-0.1, -0.05) is 27.2 Å². The Labute approximate surface area is 63.0 Å². The first-order valence-electron chi connectivity index (χ1n) is 3.76. The van der Waals surface area contributed by atoms with E-state index in [0.29, 0.717) is 5.92 Å². The smallest absolute Gasteiger partial charge is 0.110 e. The fraction of sp³-hybridized carbons (Fsp3) is 0.750. The molecule has 0 amide bonds. The maximum Gasteiger partial charge on any atom is 0.110 e. The second kappa shape index (κ2) is 5.30. The van der Waals surface area contributed by atoms with Gasteiger partial charge in [-0.3, -0.25) is 0 Å². The molecule has 0 aliphatic heterocycles. The molecule has 0 aromatic heterocycles. The first-order chi connectivity index (χ1) is 4.72. The van der Waals surface area contributed by atoms with Crippen molar-refractivity contribution in [1.29, 1.82) is 0 Å². The van der Waals surface area contributed by atoms with Crippen LogP contribution in [0.1, 0.15) is 33.6 Å². The minimum absolute atomic E-state index is 0.545. The molecule has 0 rings (SSSR count). The molecule has 0 saturated heterocycles. The lowest BCUT2D eigenvalue weighted by Crippen LogP contribution is -1.98. The molecule has 0 unspecified atom stereocenters. The number of rotatable bonds is 4. The highest BCUT2D eigenvalue weighted by atomic mass is 16.6. The molecule has 0 aromatic rings. The van der Waals surface area contributed by atoms with Crippen molar-refractivity contribution in [2.24, 2.45) is 11.8 Å². The van der Waals surface area contributed by atoms with E-state index in [9.17, 15) is 0 Å². The van der Waals surface area contributed by atoms with Crippen LogP contribution in [-0.4, -0.2) is 0 Å². The van der Waals surface area contributed by atoms with Crippen LogP contribution < -0.4 is 5.90 Å².